The molecule has 1 N–H and O–H groups in total. The highest BCUT2D eigenvalue weighted by Crippen LogP contribution is 2.33. The Morgan fingerprint density at radius 1 is 1.12 bits per heavy atom. The number of aryl methyl sites for hydroxylation is 1. The Labute approximate surface area is 189 Å². The first kappa shape index (κ1) is 24.2. The van der Waals surface area contributed by atoms with Crippen molar-refractivity contribution < 1.29 is 21.6 Å². The standard InChI is InChI=1S/C21H30N4O5S2/c1-4-5-6-7-8-13-32(29,30)17-9-10-19-16(14-17)11-12-25(19)21(26)18-15-24(2)22-20(18)23-31(3,27)28/h9-10,14-15H,4-8,11-13H2,1-3H3,(H,22,23). The topological polar surface area (TPSA) is 118 Å². The van der Waals surface area contributed by atoms with Gasteiger partial charge in [-0.15, -0.1) is 0 Å². The van der Waals surface area contributed by atoms with Crippen LogP contribution in [0.15, 0.2) is 29.3 Å². The zero-order valence-corrected chi connectivity index (χ0v) is 20.3. The van der Waals surface area contributed by atoms with E-state index in [4.69, 9.17) is 0 Å². The van der Waals surface area contributed by atoms with Crippen molar-refractivity contribution in [1.82, 2.24) is 9.78 Å². The Hall–Kier alpha value is -2.40. The van der Waals surface area contributed by atoms with Crippen LogP contribution in [-0.2, 0) is 33.3 Å². The van der Waals surface area contributed by atoms with Crippen molar-refractivity contribution in [2.75, 3.05) is 28.2 Å². The third kappa shape index (κ3) is 5.69. The summed E-state index contributed by atoms with van der Waals surface area (Å²) in [6, 6.07) is 4.86. The van der Waals surface area contributed by atoms with Crippen LogP contribution in [-0.4, -0.2) is 51.1 Å². The van der Waals surface area contributed by atoms with Gasteiger partial charge < -0.3 is 4.90 Å². The van der Waals surface area contributed by atoms with E-state index in [1.807, 2.05) is 0 Å². The van der Waals surface area contributed by atoms with Gasteiger partial charge >= 0.3 is 0 Å². The molecule has 2 aromatic rings. The molecule has 1 amide bonds. The van der Waals surface area contributed by atoms with E-state index in [0.717, 1.165) is 37.5 Å². The van der Waals surface area contributed by atoms with Gasteiger partial charge in [0.2, 0.25) is 10.0 Å². The average Bonchev–Trinajstić information content (AvgIpc) is 3.28. The van der Waals surface area contributed by atoms with E-state index in [0.29, 0.717) is 25.1 Å². The minimum Gasteiger partial charge on any atom is -0.308 e. The lowest BCUT2D eigenvalue weighted by Gasteiger charge is -2.17. The van der Waals surface area contributed by atoms with Crippen LogP contribution in [0.3, 0.4) is 0 Å². The van der Waals surface area contributed by atoms with E-state index in [2.05, 4.69) is 16.7 Å². The highest BCUT2D eigenvalue weighted by atomic mass is 32.2. The number of sulfonamides is 1. The number of nitrogens with zero attached hydrogens (tertiary/aromatic N) is 3. The van der Waals surface area contributed by atoms with Crippen molar-refractivity contribution in [3.8, 4) is 0 Å². The van der Waals surface area contributed by atoms with Crippen molar-refractivity contribution in [3.63, 3.8) is 0 Å². The zero-order valence-electron chi connectivity index (χ0n) is 18.7. The number of rotatable bonds is 10. The van der Waals surface area contributed by atoms with Crippen molar-refractivity contribution in [2.45, 2.75) is 50.3 Å². The van der Waals surface area contributed by atoms with E-state index in [1.54, 1.807) is 25.2 Å². The lowest BCUT2D eigenvalue weighted by molar-refractivity contribution is 0.0990. The number of nitrogens with one attached hydrogen (secondary N) is 1. The van der Waals surface area contributed by atoms with E-state index in [1.165, 1.54) is 15.8 Å². The molecule has 0 radical (unpaired) electrons. The average molecular weight is 483 g/mol. The molecule has 0 fully saturated rings. The van der Waals surface area contributed by atoms with Crippen molar-refractivity contribution >= 4 is 37.3 Å². The lowest BCUT2D eigenvalue weighted by atomic mass is 10.2. The molecule has 0 atom stereocenters. The molecule has 2 heterocycles. The number of fused-ring (bicyclic) bond motifs is 1. The monoisotopic (exact) mass is 482 g/mol. The number of anilines is 2. The van der Waals surface area contributed by atoms with E-state index in [-0.39, 0.29) is 22.0 Å². The fourth-order valence-corrected chi connectivity index (χ4v) is 5.76. The summed E-state index contributed by atoms with van der Waals surface area (Å²) in [4.78, 5) is 15.0. The quantitative estimate of drug-likeness (QED) is 0.520. The van der Waals surface area contributed by atoms with Crippen LogP contribution in [0.1, 0.15) is 54.9 Å². The number of amides is 1. The highest BCUT2D eigenvalue weighted by Gasteiger charge is 2.30. The molecule has 9 nitrogen and oxygen atoms in total. The second kappa shape index (κ2) is 9.62. The molecule has 0 unspecified atom stereocenters. The summed E-state index contributed by atoms with van der Waals surface area (Å²) in [5.41, 5.74) is 1.55. The molecular weight excluding hydrogens is 452 g/mol. The van der Waals surface area contributed by atoms with Crippen LogP contribution in [0.2, 0.25) is 0 Å². The molecule has 1 aromatic heterocycles. The minimum atomic E-state index is -3.60. The lowest BCUT2D eigenvalue weighted by Crippen LogP contribution is -2.29. The van der Waals surface area contributed by atoms with Gasteiger partial charge in [0.25, 0.3) is 5.91 Å². The van der Waals surface area contributed by atoms with Gasteiger partial charge in [-0.3, -0.25) is 14.2 Å². The Morgan fingerprint density at radius 3 is 2.53 bits per heavy atom. The summed E-state index contributed by atoms with van der Waals surface area (Å²) in [6.45, 7) is 2.49. The Balaban J connectivity index is 1.78. The van der Waals surface area contributed by atoms with Gasteiger partial charge in [0.05, 0.1) is 16.9 Å². The molecule has 32 heavy (non-hydrogen) atoms. The molecule has 1 aliphatic rings. The molecule has 11 heteroatoms. The van der Waals surface area contributed by atoms with Crippen LogP contribution in [0, 0.1) is 0 Å². The first-order chi connectivity index (χ1) is 15.0. The number of benzene rings is 1. The normalized spacial score (nSPS) is 13.9. The first-order valence-corrected chi connectivity index (χ1v) is 14.2. The molecule has 3 rings (SSSR count). The maximum atomic E-state index is 13.2. The zero-order chi connectivity index (χ0) is 23.5. The predicted octanol–water partition coefficient (Wildman–Crippen LogP) is 2.74. The van der Waals surface area contributed by atoms with Crippen molar-refractivity contribution in [1.29, 1.82) is 0 Å². The fourth-order valence-electron chi connectivity index (χ4n) is 3.84. The number of carbonyl (C=O) groups is 1. The van der Waals surface area contributed by atoms with E-state index >= 15 is 0 Å². The first-order valence-electron chi connectivity index (χ1n) is 10.7. The number of carbonyl (C=O) groups excluding carboxylic acids is 1. The van der Waals surface area contributed by atoms with Gasteiger partial charge in [-0.05, 0) is 36.6 Å². The van der Waals surface area contributed by atoms with Gasteiger partial charge in [-0.2, -0.15) is 5.10 Å². The van der Waals surface area contributed by atoms with E-state index in [9.17, 15) is 21.6 Å². The second-order valence-corrected chi connectivity index (χ2v) is 12.0. The van der Waals surface area contributed by atoms with Crippen LogP contribution >= 0.6 is 0 Å². The van der Waals surface area contributed by atoms with Gasteiger partial charge in [0.15, 0.2) is 15.7 Å². The van der Waals surface area contributed by atoms with Crippen LogP contribution in [0.5, 0.6) is 0 Å². The Bertz CT molecular complexity index is 1200. The van der Waals surface area contributed by atoms with Crippen LogP contribution in [0.25, 0.3) is 0 Å². The molecular formula is C21H30N4O5S2. The third-order valence-corrected chi connectivity index (χ3v) is 7.77. The number of aromatic nitrogens is 2. The third-order valence-electron chi connectivity index (χ3n) is 5.41. The molecule has 0 spiro atoms. The van der Waals surface area contributed by atoms with Gasteiger partial charge in [0.1, 0.15) is 5.56 Å². The molecule has 176 valence electrons. The number of unbranched alkanes of at least 4 members (excludes halogenated alkanes) is 4. The number of hydrogen-bond donors (Lipinski definition) is 1. The molecule has 0 saturated heterocycles. The van der Waals surface area contributed by atoms with Gasteiger partial charge in [0, 0.05) is 25.5 Å². The summed E-state index contributed by atoms with van der Waals surface area (Å²) < 4.78 is 52.3. The highest BCUT2D eigenvalue weighted by molar-refractivity contribution is 7.92. The van der Waals surface area contributed by atoms with Crippen LogP contribution < -0.4 is 9.62 Å². The SMILES string of the molecule is CCCCCCCS(=O)(=O)c1ccc2c(c1)CCN2C(=O)c1cn(C)nc1NS(C)(=O)=O. The maximum Gasteiger partial charge on any atom is 0.263 e. The summed E-state index contributed by atoms with van der Waals surface area (Å²) >= 11 is 0. The minimum absolute atomic E-state index is 0.0317. The Kier molecular flexibility index (Phi) is 7.29. The second-order valence-electron chi connectivity index (χ2n) is 8.17. The van der Waals surface area contributed by atoms with E-state index < -0.39 is 25.8 Å². The largest absolute Gasteiger partial charge is 0.308 e. The maximum absolute atomic E-state index is 13.2. The summed E-state index contributed by atoms with van der Waals surface area (Å²) in [7, 11) is -5.38. The smallest absolute Gasteiger partial charge is 0.263 e. The molecule has 0 bridgehead atoms. The summed E-state index contributed by atoms with van der Waals surface area (Å²) in [5, 5.41) is 4.04. The van der Waals surface area contributed by atoms with Gasteiger partial charge in [-0.25, -0.2) is 16.8 Å². The predicted molar refractivity (Wildman–Crippen MR) is 124 cm³/mol. The van der Waals surface area contributed by atoms with Gasteiger partial charge in [-0.1, -0.05) is 32.6 Å². The summed E-state index contributed by atoms with van der Waals surface area (Å²) in [6.07, 6.45) is 7.78. The molecule has 0 aliphatic carbocycles. The Morgan fingerprint density at radius 2 is 1.84 bits per heavy atom. The fraction of sp³-hybridized carbons (Fsp3) is 0.524. The number of sulfone groups is 1. The number of hydrogen-bond acceptors (Lipinski definition) is 6. The van der Waals surface area contributed by atoms with Crippen molar-refractivity contribution in [3.05, 3.63) is 35.5 Å². The molecule has 1 aromatic carbocycles. The van der Waals surface area contributed by atoms with Crippen molar-refractivity contribution in [2.24, 2.45) is 7.05 Å². The molecule has 1 aliphatic heterocycles. The molecule has 0 saturated carbocycles. The summed E-state index contributed by atoms with van der Waals surface area (Å²) in [5.74, 6) is -0.306. The van der Waals surface area contributed by atoms with Crippen LogP contribution in [0.4, 0.5) is 11.5 Å².